The van der Waals surface area contributed by atoms with Gasteiger partial charge in [-0.2, -0.15) is 0 Å². The number of aromatic nitrogens is 1. The number of carbonyl (C=O) groups is 1. The standard InChI is InChI=1S/C16H17ClN2O3/c17-14-2-1-12(16(20)21)9-13(14)10-19-6-3-11(4-7-19)15-5-8-22-18-15/h1-2,5,8-9,11H,3-4,6-7,10H2,(H,20,21). The monoisotopic (exact) mass is 320 g/mol. The highest BCUT2D eigenvalue weighted by molar-refractivity contribution is 6.31. The molecule has 22 heavy (non-hydrogen) atoms. The van der Waals surface area contributed by atoms with Crippen LogP contribution in [0.15, 0.2) is 35.1 Å². The molecule has 1 aliphatic heterocycles. The minimum absolute atomic E-state index is 0.275. The van der Waals surface area contributed by atoms with E-state index >= 15 is 0 Å². The predicted molar refractivity (Wildman–Crippen MR) is 82.2 cm³/mol. The number of carboxylic acid groups (broad SMARTS) is 1. The summed E-state index contributed by atoms with van der Waals surface area (Å²) in [6.07, 6.45) is 3.64. The number of carboxylic acids is 1. The van der Waals surface area contributed by atoms with Gasteiger partial charge in [0.15, 0.2) is 0 Å². The second kappa shape index (κ2) is 6.50. The molecule has 0 atom stereocenters. The molecular weight excluding hydrogens is 304 g/mol. The molecular formula is C16H17ClN2O3. The summed E-state index contributed by atoms with van der Waals surface area (Å²) in [5.74, 6) is -0.488. The number of aromatic carboxylic acids is 1. The lowest BCUT2D eigenvalue weighted by molar-refractivity contribution is 0.0696. The average Bonchev–Trinajstić information content (AvgIpc) is 3.04. The molecule has 0 unspecified atom stereocenters. The first kappa shape index (κ1) is 15.1. The fourth-order valence-electron chi connectivity index (χ4n) is 2.89. The summed E-state index contributed by atoms with van der Waals surface area (Å²) in [5.41, 5.74) is 2.16. The quantitative estimate of drug-likeness (QED) is 0.935. The van der Waals surface area contributed by atoms with Crippen LogP contribution in [0.5, 0.6) is 0 Å². The molecule has 2 aromatic rings. The van der Waals surface area contributed by atoms with Gasteiger partial charge in [0.1, 0.15) is 6.26 Å². The van der Waals surface area contributed by atoms with Crippen LogP contribution in [0.1, 0.15) is 40.4 Å². The number of halogens is 1. The summed E-state index contributed by atoms with van der Waals surface area (Å²) in [6.45, 7) is 2.54. The van der Waals surface area contributed by atoms with Crippen molar-refractivity contribution in [1.29, 1.82) is 0 Å². The van der Waals surface area contributed by atoms with Crippen molar-refractivity contribution in [3.8, 4) is 0 Å². The number of piperidine rings is 1. The van der Waals surface area contributed by atoms with E-state index < -0.39 is 5.97 Å². The molecule has 0 radical (unpaired) electrons. The maximum Gasteiger partial charge on any atom is 0.335 e. The smallest absolute Gasteiger partial charge is 0.335 e. The number of nitrogens with zero attached hydrogens (tertiary/aromatic N) is 2. The lowest BCUT2D eigenvalue weighted by Crippen LogP contribution is -2.32. The molecule has 0 aliphatic carbocycles. The molecule has 3 rings (SSSR count). The minimum Gasteiger partial charge on any atom is -0.478 e. The van der Waals surface area contributed by atoms with E-state index in [1.54, 1.807) is 18.4 Å². The lowest BCUT2D eigenvalue weighted by Gasteiger charge is -2.31. The number of likely N-dealkylation sites (tertiary alicyclic amines) is 1. The largest absolute Gasteiger partial charge is 0.478 e. The first-order valence-corrected chi connectivity index (χ1v) is 7.65. The van der Waals surface area contributed by atoms with Crippen LogP contribution in [0.25, 0.3) is 0 Å². The average molecular weight is 321 g/mol. The Hall–Kier alpha value is -1.85. The van der Waals surface area contributed by atoms with Gasteiger partial charge >= 0.3 is 5.97 Å². The summed E-state index contributed by atoms with van der Waals surface area (Å²) in [5, 5.41) is 13.7. The maximum absolute atomic E-state index is 11.1. The Morgan fingerprint density at radius 1 is 1.36 bits per heavy atom. The third-order valence-corrected chi connectivity index (χ3v) is 4.52. The fourth-order valence-corrected chi connectivity index (χ4v) is 3.07. The number of hydrogen-bond acceptors (Lipinski definition) is 4. The zero-order valence-electron chi connectivity index (χ0n) is 12.0. The Bertz CT molecular complexity index is 649. The Morgan fingerprint density at radius 3 is 2.77 bits per heavy atom. The highest BCUT2D eigenvalue weighted by Gasteiger charge is 2.23. The Labute approximate surface area is 133 Å². The Morgan fingerprint density at radius 2 is 2.14 bits per heavy atom. The number of hydrogen-bond donors (Lipinski definition) is 1. The zero-order chi connectivity index (χ0) is 15.5. The van der Waals surface area contributed by atoms with Crippen molar-refractivity contribution in [2.75, 3.05) is 13.1 Å². The van der Waals surface area contributed by atoms with E-state index in [4.69, 9.17) is 21.2 Å². The van der Waals surface area contributed by atoms with Gasteiger partial charge < -0.3 is 9.63 Å². The molecule has 0 amide bonds. The highest BCUT2D eigenvalue weighted by atomic mass is 35.5. The first-order valence-electron chi connectivity index (χ1n) is 7.28. The molecule has 6 heteroatoms. The Balaban J connectivity index is 1.63. The van der Waals surface area contributed by atoms with E-state index in [1.165, 1.54) is 6.07 Å². The van der Waals surface area contributed by atoms with Crippen molar-refractivity contribution in [1.82, 2.24) is 10.1 Å². The van der Waals surface area contributed by atoms with Gasteiger partial charge in [0.05, 0.1) is 11.3 Å². The van der Waals surface area contributed by atoms with Crippen molar-refractivity contribution in [2.24, 2.45) is 0 Å². The number of rotatable bonds is 4. The van der Waals surface area contributed by atoms with Gasteiger partial charge in [0, 0.05) is 23.6 Å². The van der Waals surface area contributed by atoms with Crippen LogP contribution < -0.4 is 0 Å². The summed E-state index contributed by atoms with van der Waals surface area (Å²) in [4.78, 5) is 13.4. The van der Waals surface area contributed by atoms with Crippen LogP contribution in [0.2, 0.25) is 5.02 Å². The van der Waals surface area contributed by atoms with E-state index in [-0.39, 0.29) is 5.56 Å². The SMILES string of the molecule is O=C(O)c1ccc(Cl)c(CN2CCC(c3ccon3)CC2)c1. The van der Waals surface area contributed by atoms with Gasteiger partial charge in [0.25, 0.3) is 0 Å². The van der Waals surface area contributed by atoms with Crippen molar-refractivity contribution in [3.05, 3.63) is 52.4 Å². The second-order valence-electron chi connectivity index (χ2n) is 5.59. The molecule has 0 spiro atoms. The first-order chi connectivity index (χ1) is 10.6. The minimum atomic E-state index is -0.928. The van der Waals surface area contributed by atoms with Gasteiger partial charge in [-0.1, -0.05) is 16.8 Å². The molecule has 5 nitrogen and oxygen atoms in total. The van der Waals surface area contributed by atoms with Gasteiger partial charge in [0.2, 0.25) is 0 Å². The van der Waals surface area contributed by atoms with Crippen molar-refractivity contribution < 1.29 is 14.4 Å². The third kappa shape index (κ3) is 3.31. The molecule has 1 aliphatic rings. The normalized spacial score (nSPS) is 16.8. The van der Waals surface area contributed by atoms with E-state index in [9.17, 15) is 4.79 Å². The van der Waals surface area contributed by atoms with E-state index in [0.717, 1.165) is 37.2 Å². The van der Waals surface area contributed by atoms with Gasteiger partial charge in [-0.15, -0.1) is 0 Å². The molecule has 0 bridgehead atoms. The molecule has 0 saturated carbocycles. The Kier molecular flexibility index (Phi) is 4.45. The lowest BCUT2D eigenvalue weighted by atomic mass is 9.93. The van der Waals surface area contributed by atoms with E-state index in [0.29, 0.717) is 17.5 Å². The van der Waals surface area contributed by atoms with Crippen LogP contribution >= 0.6 is 11.6 Å². The maximum atomic E-state index is 11.1. The highest BCUT2D eigenvalue weighted by Crippen LogP contribution is 2.28. The summed E-state index contributed by atoms with van der Waals surface area (Å²) >= 11 is 6.19. The van der Waals surface area contributed by atoms with Crippen molar-refractivity contribution in [3.63, 3.8) is 0 Å². The van der Waals surface area contributed by atoms with Gasteiger partial charge in [-0.25, -0.2) is 4.79 Å². The zero-order valence-corrected chi connectivity index (χ0v) is 12.8. The number of benzene rings is 1. The molecule has 1 N–H and O–H groups in total. The predicted octanol–water partition coefficient (Wildman–Crippen LogP) is 3.41. The summed E-state index contributed by atoms with van der Waals surface area (Å²) in [6, 6.07) is 6.77. The summed E-state index contributed by atoms with van der Waals surface area (Å²) < 4.78 is 4.90. The molecule has 1 aromatic carbocycles. The van der Waals surface area contributed by atoms with Crippen molar-refractivity contribution >= 4 is 17.6 Å². The third-order valence-electron chi connectivity index (χ3n) is 4.15. The van der Waals surface area contributed by atoms with Gasteiger partial charge in [-0.05, 0) is 49.7 Å². The fraction of sp³-hybridized carbons (Fsp3) is 0.375. The molecule has 2 heterocycles. The van der Waals surface area contributed by atoms with Crippen LogP contribution in [0.3, 0.4) is 0 Å². The topological polar surface area (TPSA) is 66.6 Å². The van der Waals surface area contributed by atoms with Crippen LogP contribution in [0, 0.1) is 0 Å². The second-order valence-corrected chi connectivity index (χ2v) is 5.99. The summed E-state index contributed by atoms with van der Waals surface area (Å²) in [7, 11) is 0. The molecule has 1 fully saturated rings. The molecule has 1 saturated heterocycles. The van der Waals surface area contributed by atoms with Crippen molar-refractivity contribution in [2.45, 2.75) is 25.3 Å². The van der Waals surface area contributed by atoms with Crippen LogP contribution in [-0.2, 0) is 6.54 Å². The van der Waals surface area contributed by atoms with E-state index in [1.807, 2.05) is 6.07 Å². The van der Waals surface area contributed by atoms with Crippen LogP contribution in [0.4, 0.5) is 0 Å². The molecule has 1 aromatic heterocycles. The van der Waals surface area contributed by atoms with Crippen LogP contribution in [-0.4, -0.2) is 34.2 Å². The van der Waals surface area contributed by atoms with Gasteiger partial charge in [-0.3, -0.25) is 4.90 Å². The van der Waals surface area contributed by atoms with E-state index in [2.05, 4.69) is 10.1 Å². The molecule has 116 valence electrons.